The molecule has 41 valence electrons. The molecule has 0 aromatic heterocycles. The maximum absolute atomic E-state index is 4.92. The predicted molar refractivity (Wildman–Crippen MR) is 28.7 cm³/mol. The number of hydrogen-bond acceptors (Lipinski definition) is 1. The molecule has 0 saturated heterocycles. The van der Waals surface area contributed by atoms with Crippen LogP contribution in [0.25, 0.3) is 0 Å². The summed E-state index contributed by atoms with van der Waals surface area (Å²) in [4.78, 5) is 0. The van der Waals surface area contributed by atoms with E-state index >= 15 is 0 Å². The molecule has 0 amide bonds. The lowest BCUT2D eigenvalue weighted by Crippen LogP contribution is -2.34. The van der Waals surface area contributed by atoms with Gasteiger partial charge in [-0.3, -0.25) is 0 Å². The summed E-state index contributed by atoms with van der Waals surface area (Å²) >= 11 is 0. The normalized spacial score (nSPS) is 26.6. The second-order valence-corrected chi connectivity index (χ2v) is 2.45. The third kappa shape index (κ3) is 0.778. The summed E-state index contributed by atoms with van der Waals surface area (Å²) in [5.74, 6) is 0. The number of rotatable bonds is 1. The lowest BCUT2D eigenvalue weighted by atomic mass is 9.82. The van der Waals surface area contributed by atoms with Gasteiger partial charge in [-0.2, -0.15) is 0 Å². The maximum Gasteiger partial charge on any atom is 0.0708 e. The van der Waals surface area contributed by atoms with Crippen LogP contribution in [0.1, 0.15) is 26.2 Å². The van der Waals surface area contributed by atoms with Crippen molar-refractivity contribution in [3.63, 3.8) is 0 Å². The van der Waals surface area contributed by atoms with Crippen molar-refractivity contribution in [3.05, 3.63) is 7.11 Å². The van der Waals surface area contributed by atoms with Crippen LogP contribution < -0.4 is 0 Å². The van der Waals surface area contributed by atoms with Gasteiger partial charge < -0.3 is 4.74 Å². The van der Waals surface area contributed by atoms with Crippen molar-refractivity contribution in [2.75, 3.05) is 0 Å². The first kappa shape index (κ1) is 5.10. The zero-order valence-electron chi connectivity index (χ0n) is 4.74. The van der Waals surface area contributed by atoms with E-state index < -0.39 is 0 Å². The fraction of sp³-hybridized carbons (Fsp3) is 0.833. The van der Waals surface area contributed by atoms with Gasteiger partial charge in [0.2, 0.25) is 0 Å². The third-order valence-corrected chi connectivity index (χ3v) is 1.76. The summed E-state index contributed by atoms with van der Waals surface area (Å²) in [5.41, 5.74) is 0.153. The van der Waals surface area contributed by atoms with Crippen LogP contribution in [0, 0.1) is 7.11 Å². The topological polar surface area (TPSA) is 9.23 Å². The van der Waals surface area contributed by atoms with Crippen molar-refractivity contribution in [1.82, 2.24) is 0 Å². The highest BCUT2D eigenvalue weighted by molar-refractivity contribution is 4.84. The zero-order chi connectivity index (χ0) is 5.33. The maximum atomic E-state index is 4.92. The van der Waals surface area contributed by atoms with Gasteiger partial charge in [0.25, 0.3) is 0 Å². The molecule has 1 fully saturated rings. The minimum absolute atomic E-state index is 0.153. The molecule has 0 spiro atoms. The molecule has 1 saturated carbocycles. The molecule has 0 aromatic rings. The number of hydrogen-bond donors (Lipinski definition) is 0. The fourth-order valence-corrected chi connectivity index (χ4v) is 0.819. The lowest BCUT2D eigenvalue weighted by Gasteiger charge is -2.36. The Morgan fingerprint density at radius 3 is 2.14 bits per heavy atom. The summed E-state index contributed by atoms with van der Waals surface area (Å²) in [6.45, 7) is 2.10. The van der Waals surface area contributed by atoms with E-state index in [1.54, 1.807) is 0 Å². The van der Waals surface area contributed by atoms with Gasteiger partial charge in [0.1, 0.15) is 0 Å². The van der Waals surface area contributed by atoms with Crippen molar-refractivity contribution in [3.8, 4) is 0 Å². The van der Waals surface area contributed by atoms with Gasteiger partial charge in [0, 0.05) is 0 Å². The van der Waals surface area contributed by atoms with Crippen molar-refractivity contribution >= 4 is 0 Å². The highest BCUT2D eigenvalue weighted by Gasteiger charge is 2.30. The molecule has 1 radical (unpaired) electrons. The molecule has 0 aromatic carbocycles. The van der Waals surface area contributed by atoms with Crippen LogP contribution in [0.15, 0.2) is 0 Å². The van der Waals surface area contributed by atoms with Gasteiger partial charge in [0.05, 0.1) is 12.7 Å². The molecular formula is C6H11O. The van der Waals surface area contributed by atoms with E-state index in [1.165, 1.54) is 19.3 Å². The van der Waals surface area contributed by atoms with Gasteiger partial charge in [-0.05, 0) is 26.2 Å². The highest BCUT2D eigenvalue weighted by atomic mass is 16.5. The van der Waals surface area contributed by atoms with E-state index in [1.807, 2.05) is 0 Å². The Morgan fingerprint density at radius 1 is 1.57 bits per heavy atom. The van der Waals surface area contributed by atoms with Crippen LogP contribution in [0.2, 0.25) is 0 Å². The molecule has 0 heterocycles. The molecule has 1 rings (SSSR count). The summed E-state index contributed by atoms with van der Waals surface area (Å²) in [5, 5.41) is 0. The quantitative estimate of drug-likeness (QED) is 0.486. The van der Waals surface area contributed by atoms with Crippen LogP contribution in [-0.2, 0) is 4.74 Å². The van der Waals surface area contributed by atoms with Crippen molar-refractivity contribution in [2.45, 2.75) is 31.8 Å². The lowest BCUT2D eigenvalue weighted by molar-refractivity contribution is -0.0332. The minimum atomic E-state index is 0.153. The zero-order valence-corrected chi connectivity index (χ0v) is 4.74. The van der Waals surface area contributed by atoms with Gasteiger partial charge in [-0.1, -0.05) is 0 Å². The van der Waals surface area contributed by atoms with Crippen LogP contribution in [0.4, 0.5) is 0 Å². The highest BCUT2D eigenvalue weighted by Crippen LogP contribution is 2.34. The summed E-state index contributed by atoms with van der Waals surface area (Å²) in [6, 6.07) is 0. The third-order valence-electron chi connectivity index (χ3n) is 1.76. The summed E-state index contributed by atoms with van der Waals surface area (Å²) in [6.07, 6.45) is 3.69. The van der Waals surface area contributed by atoms with Crippen molar-refractivity contribution in [2.24, 2.45) is 0 Å². The van der Waals surface area contributed by atoms with Crippen molar-refractivity contribution < 1.29 is 4.74 Å². The van der Waals surface area contributed by atoms with Gasteiger partial charge >= 0.3 is 0 Å². The average molecular weight is 99.2 g/mol. The Hall–Kier alpha value is -0.0400. The molecule has 0 aliphatic heterocycles. The monoisotopic (exact) mass is 99.1 g/mol. The molecule has 0 bridgehead atoms. The first-order valence-corrected chi connectivity index (χ1v) is 2.70. The Kier molecular flexibility index (Phi) is 1.08. The van der Waals surface area contributed by atoms with Gasteiger partial charge in [-0.15, -0.1) is 0 Å². The molecule has 0 unspecified atom stereocenters. The van der Waals surface area contributed by atoms with Gasteiger partial charge in [-0.25, -0.2) is 0 Å². The summed E-state index contributed by atoms with van der Waals surface area (Å²) < 4.78 is 4.92. The molecule has 7 heavy (non-hydrogen) atoms. The molecular weight excluding hydrogens is 88.1 g/mol. The first-order chi connectivity index (χ1) is 3.27. The number of ether oxygens (including phenoxy) is 1. The first-order valence-electron chi connectivity index (χ1n) is 2.70. The smallest absolute Gasteiger partial charge is 0.0708 e. The van der Waals surface area contributed by atoms with Crippen LogP contribution >= 0.6 is 0 Å². The Labute approximate surface area is 44.7 Å². The van der Waals surface area contributed by atoms with E-state index in [9.17, 15) is 0 Å². The van der Waals surface area contributed by atoms with Crippen LogP contribution in [0.5, 0.6) is 0 Å². The second kappa shape index (κ2) is 1.48. The van der Waals surface area contributed by atoms with Crippen molar-refractivity contribution in [1.29, 1.82) is 0 Å². The Morgan fingerprint density at radius 2 is 2.14 bits per heavy atom. The molecule has 0 atom stereocenters. The minimum Gasteiger partial charge on any atom is -0.373 e. The molecule has 1 aliphatic carbocycles. The molecule has 1 heteroatoms. The Balaban J connectivity index is 2.29. The fourth-order valence-electron chi connectivity index (χ4n) is 0.819. The van der Waals surface area contributed by atoms with E-state index in [2.05, 4.69) is 14.0 Å². The average Bonchev–Trinajstić information content (AvgIpc) is 1.61. The van der Waals surface area contributed by atoms with E-state index in [4.69, 9.17) is 4.74 Å². The molecule has 1 aliphatic rings. The largest absolute Gasteiger partial charge is 0.373 e. The SMILES string of the molecule is [CH2]OC1(C)CCC1. The second-order valence-electron chi connectivity index (χ2n) is 2.45. The molecule has 0 N–H and O–H groups in total. The van der Waals surface area contributed by atoms with Crippen LogP contribution in [-0.4, -0.2) is 5.60 Å². The standard InChI is InChI=1S/C6H11O/c1-6(7-2)4-3-5-6/h2-5H2,1H3. The summed E-state index contributed by atoms with van der Waals surface area (Å²) in [7, 11) is 3.38. The van der Waals surface area contributed by atoms with E-state index in [-0.39, 0.29) is 5.60 Å². The Bertz CT molecular complexity index is 59.1. The predicted octanol–water partition coefficient (Wildman–Crippen LogP) is 1.74. The van der Waals surface area contributed by atoms with E-state index in [0.717, 1.165) is 0 Å². The van der Waals surface area contributed by atoms with Crippen LogP contribution in [0.3, 0.4) is 0 Å². The van der Waals surface area contributed by atoms with Gasteiger partial charge in [0.15, 0.2) is 0 Å². The van der Waals surface area contributed by atoms with E-state index in [0.29, 0.717) is 0 Å². The molecule has 1 nitrogen and oxygen atoms in total.